The summed E-state index contributed by atoms with van der Waals surface area (Å²) in [6, 6.07) is 3.28. The minimum absolute atomic E-state index is 0.256. The largest absolute Gasteiger partial charge is 0.489 e. The molecule has 1 aromatic carbocycles. The van der Waals surface area contributed by atoms with Crippen molar-refractivity contribution in [2.24, 2.45) is 0 Å². The monoisotopic (exact) mass is 270 g/mol. The van der Waals surface area contributed by atoms with Gasteiger partial charge in [-0.15, -0.1) is 0 Å². The summed E-state index contributed by atoms with van der Waals surface area (Å²) in [4.78, 5) is 3.93. The Labute approximate surface area is 107 Å². The highest BCUT2D eigenvalue weighted by Crippen LogP contribution is 2.29. The first-order valence-corrected chi connectivity index (χ1v) is 5.38. The normalized spacial score (nSPS) is 11.7. The predicted octanol–water partition coefficient (Wildman–Crippen LogP) is 0.879. The molecule has 0 aliphatic carbocycles. The third-order valence-corrected chi connectivity index (χ3v) is 2.72. The molecule has 0 amide bonds. The van der Waals surface area contributed by atoms with Gasteiger partial charge in [0.05, 0.1) is 5.56 Å². The van der Waals surface area contributed by atoms with Crippen LogP contribution in [-0.2, 0) is 6.18 Å². The molecule has 0 aliphatic rings. The maximum Gasteiger partial charge on any atom is 0.489 e. The van der Waals surface area contributed by atoms with Crippen LogP contribution in [0.4, 0.5) is 13.2 Å². The lowest BCUT2D eigenvalue weighted by Gasteiger charge is -2.15. The first-order chi connectivity index (χ1) is 8.80. The number of alkyl halides is 3. The zero-order chi connectivity index (χ0) is 14.2. The Kier molecular flexibility index (Phi) is 3.38. The number of rotatable bonds is 2. The highest BCUT2D eigenvalue weighted by molar-refractivity contribution is 6.59. The quantitative estimate of drug-likeness (QED) is 0.796. The van der Waals surface area contributed by atoms with Crippen LogP contribution in [0.15, 0.2) is 30.6 Å². The Balaban J connectivity index is 2.60. The minimum atomic E-state index is -4.66. The lowest BCUT2D eigenvalue weighted by atomic mass is 9.76. The van der Waals surface area contributed by atoms with Gasteiger partial charge in [-0.1, -0.05) is 6.07 Å². The number of halogens is 3. The molecular formula is C11H10BF3N2O2. The van der Waals surface area contributed by atoms with E-state index in [0.717, 1.165) is 12.1 Å². The fourth-order valence-corrected chi connectivity index (χ4v) is 1.82. The molecule has 0 fully saturated rings. The number of hydrogen-bond donors (Lipinski definition) is 2. The maximum atomic E-state index is 12.9. The molecule has 2 aromatic rings. The van der Waals surface area contributed by atoms with Gasteiger partial charge >= 0.3 is 13.3 Å². The van der Waals surface area contributed by atoms with Crippen LogP contribution in [0.5, 0.6) is 0 Å². The van der Waals surface area contributed by atoms with Crippen LogP contribution in [0.25, 0.3) is 5.69 Å². The topological polar surface area (TPSA) is 58.3 Å². The van der Waals surface area contributed by atoms with Gasteiger partial charge in [0.15, 0.2) is 0 Å². The summed E-state index contributed by atoms with van der Waals surface area (Å²) in [5.41, 5.74) is -1.39. The molecule has 8 heteroatoms. The van der Waals surface area contributed by atoms with Crippen LogP contribution in [0, 0.1) is 6.92 Å². The number of aryl methyl sites for hydroxylation is 1. The van der Waals surface area contributed by atoms with E-state index < -0.39 is 24.3 Å². The second-order valence-corrected chi connectivity index (χ2v) is 3.99. The van der Waals surface area contributed by atoms with Gasteiger partial charge in [-0.25, -0.2) is 4.98 Å². The first kappa shape index (κ1) is 13.6. The molecule has 100 valence electrons. The smallest absolute Gasteiger partial charge is 0.423 e. The van der Waals surface area contributed by atoms with E-state index >= 15 is 0 Å². The lowest BCUT2D eigenvalue weighted by molar-refractivity contribution is -0.136. The molecule has 0 radical (unpaired) electrons. The molecule has 1 heterocycles. The van der Waals surface area contributed by atoms with Gasteiger partial charge in [-0.05, 0) is 24.5 Å². The van der Waals surface area contributed by atoms with Gasteiger partial charge in [0.2, 0.25) is 0 Å². The van der Waals surface area contributed by atoms with E-state index in [1.807, 2.05) is 0 Å². The molecule has 0 aliphatic heterocycles. The van der Waals surface area contributed by atoms with Crippen molar-refractivity contribution in [2.45, 2.75) is 13.1 Å². The zero-order valence-electron chi connectivity index (χ0n) is 9.89. The number of aromatic nitrogens is 2. The van der Waals surface area contributed by atoms with E-state index in [-0.39, 0.29) is 5.69 Å². The van der Waals surface area contributed by atoms with E-state index in [1.54, 1.807) is 6.92 Å². The van der Waals surface area contributed by atoms with Crippen LogP contribution < -0.4 is 5.46 Å². The number of imidazole rings is 1. The Morgan fingerprint density at radius 2 is 1.95 bits per heavy atom. The van der Waals surface area contributed by atoms with Gasteiger partial charge < -0.3 is 14.6 Å². The Morgan fingerprint density at radius 1 is 1.26 bits per heavy atom. The summed E-state index contributed by atoms with van der Waals surface area (Å²) in [6.45, 7) is 1.65. The van der Waals surface area contributed by atoms with Crippen molar-refractivity contribution in [3.05, 3.63) is 42.0 Å². The summed E-state index contributed by atoms with van der Waals surface area (Å²) in [5.74, 6) is 0.533. The van der Waals surface area contributed by atoms with Gasteiger partial charge in [0.25, 0.3) is 0 Å². The molecule has 1 aromatic heterocycles. The van der Waals surface area contributed by atoms with E-state index in [9.17, 15) is 13.2 Å². The Hall–Kier alpha value is -1.80. The molecule has 0 saturated heterocycles. The standard InChI is InChI=1S/C11H10BF3N2O2/c1-7-16-4-5-17(7)8-2-3-10(12(18)19)9(6-8)11(13,14)15/h2-6,18-19H,1H3. The molecule has 0 spiro atoms. The van der Waals surface area contributed by atoms with Crippen LogP contribution in [0.1, 0.15) is 11.4 Å². The Bertz CT molecular complexity index is 596. The molecule has 0 atom stereocenters. The summed E-state index contributed by atoms with van der Waals surface area (Å²) >= 11 is 0. The predicted molar refractivity (Wildman–Crippen MR) is 63.1 cm³/mol. The van der Waals surface area contributed by atoms with Gasteiger partial charge in [0.1, 0.15) is 5.82 Å². The zero-order valence-corrected chi connectivity index (χ0v) is 9.89. The molecule has 2 N–H and O–H groups in total. The third kappa shape index (κ3) is 2.64. The summed E-state index contributed by atoms with van der Waals surface area (Å²) in [6.07, 6.45) is -1.67. The van der Waals surface area contributed by atoms with E-state index in [4.69, 9.17) is 10.0 Å². The first-order valence-electron chi connectivity index (χ1n) is 5.38. The van der Waals surface area contributed by atoms with Crippen molar-refractivity contribution in [1.82, 2.24) is 9.55 Å². The van der Waals surface area contributed by atoms with Gasteiger partial charge in [0, 0.05) is 18.1 Å². The van der Waals surface area contributed by atoms with E-state index in [2.05, 4.69) is 4.98 Å². The van der Waals surface area contributed by atoms with Crippen LogP contribution in [-0.4, -0.2) is 26.7 Å². The second kappa shape index (κ2) is 4.71. The fraction of sp³-hybridized carbons (Fsp3) is 0.182. The van der Waals surface area contributed by atoms with E-state index in [1.165, 1.54) is 23.0 Å². The fourth-order valence-electron chi connectivity index (χ4n) is 1.82. The number of nitrogens with zero attached hydrogens (tertiary/aromatic N) is 2. The van der Waals surface area contributed by atoms with Crippen molar-refractivity contribution in [3.8, 4) is 5.69 Å². The molecule has 0 unspecified atom stereocenters. The van der Waals surface area contributed by atoms with Crippen molar-refractivity contribution < 1.29 is 23.2 Å². The minimum Gasteiger partial charge on any atom is -0.423 e. The van der Waals surface area contributed by atoms with Crippen molar-refractivity contribution in [2.75, 3.05) is 0 Å². The lowest BCUT2D eigenvalue weighted by Crippen LogP contribution is -2.36. The molecular weight excluding hydrogens is 260 g/mol. The summed E-state index contributed by atoms with van der Waals surface area (Å²) < 4.78 is 40.1. The highest BCUT2D eigenvalue weighted by atomic mass is 19.4. The van der Waals surface area contributed by atoms with Crippen molar-refractivity contribution in [1.29, 1.82) is 0 Å². The summed E-state index contributed by atoms with van der Waals surface area (Å²) in [5, 5.41) is 18.0. The second-order valence-electron chi connectivity index (χ2n) is 3.99. The Morgan fingerprint density at radius 3 is 2.42 bits per heavy atom. The van der Waals surface area contributed by atoms with Crippen molar-refractivity contribution in [3.63, 3.8) is 0 Å². The molecule has 2 rings (SSSR count). The number of benzene rings is 1. The number of hydrogen-bond acceptors (Lipinski definition) is 3. The van der Waals surface area contributed by atoms with Crippen molar-refractivity contribution >= 4 is 12.6 Å². The maximum absolute atomic E-state index is 12.9. The third-order valence-electron chi connectivity index (χ3n) is 2.72. The van der Waals surface area contributed by atoms with Gasteiger partial charge in [-0.2, -0.15) is 13.2 Å². The molecule has 19 heavy (non-hydrogen) atoms. The highest BCUT2D eigenvalue weighted by Gasteiger charge is 2.36. The molecule has 0 saturated carbocycles. The molecule has 0 bridgehead atoms. The van der Waals surface area contributed by atoms with Gasteiger partial charge in [-0.3, -0.25) is 0 Å². The molecule has 4 nitrogen and oxygen atoms in total. The van der Waals surface area contributed by atoms with E-state index in [0.29, 0.717) is 5.82 Å². The van der Waals surface area contributed by atoms with Crippen LogP contribution in [0.3, 0.4) is 0 Å². The summed E-state index contributed by atoms with van der Waals surface area (Å²) in [7, 11) is -2.17. The van der Waals surface area contributed by atoms with Crippen LogP contribution in [0.2, 0.25) is 0 Å². The average molecular weight is 270 g/mol. The van der Waals surface area contributed by atoms with Crippen LogP contribution >= 0.6 is 0 Å². The average Bonchev–Trinajstić information content (AvgIpc) is 2.73. The SMILES string of the molecule is Cc1nccn1-c1ccc(B(O)O)c(C(F)(F)F)c1.